The van der Waals surface area contributed by atoms with Crippen LogP contribution in [0.2, 0.25) is 0 Å². The summed E-state index contributed by atoms with van der Waals surface area (Å²) < 4.78 is 5.18. The van der Waals surface area contributed by atoms with Crippen molar-refractivity contribution in [3.05, 3.63) is 54.1 Å². The maximum Gasteiger partial charge on any atom is 0.253 e. The average molecular weight is 353 g/mol. The highest BCUT2D eigenvalue weighted by molar-refractivity contribution is 6.00. The number of amides is 1. The highest BCUT2D eigenvalue weighted by Gasteiger charge is 2.29. The number of nitrogens with zero attached hydrogens (tertiary/aromatic N) is 1. The number of methoxy groups -OCH3 is 1. The topological polar surface area (TPSA) is 53.6 Å². The van der Waals surface area contributed by atoms with Crippen LogP contribution in [-0.4, -0.2) is 43.6 Å². The molecule has 0 radical (unpaired) electrons. The molecule has 5 nitrogen and oxygen atoms in total. The van der Waals surface area contributed by atoms with E-state index >= 15 is 0 Å². The Hall–Kier alpha value is -2.53. The van der Waals surface area contributed by atoms with E-state index in [4.69, 9.17) is 4.74 Å². The second-order valence-corrected chi connectivity index (χ2v) is 6.85. The second kappa shape index (κ2) is 8.23. The van der Waals surface area contributed by atoms with Gasteiger partial charge in [-0.05, 0) is 63.2 Å². The summed E-state index contributed by atoms with van der Waals surface area (Å²) in [7, 11) is 3.78. The fraction of sp³-hybridized carbons (Fsp3) is 0.381. The fourth-order valence-corrected chi connectivity index (χ4v) is 2.94. The number of nitrogens with one attached hydrogen (secondary N) is 2. The Morgan fingerprint density at radius 3 is 2.54 bits per heavy atom. The molecular formula is C21H27N3O2. The van der Waals surface area contributed by atoms with Crippen LogP contribution in [0.4, 0.5) is 11.4 Å². The molecule has 0 bridgehead atoms. The van der Waals surface area contributed by atoms with Gasteiger partial charge < -0.3 is 15.4 Å². The molecule has 0 aromatic heterocycles. The van der Waals surface area contributed by atoms with Gasteiger partial charge in [0.05, 0.1) is 18.4 Å². The SMILES string of the molecule is COc1ccc(Nc2ccccc2C(=O)NCC(C)N(C)C2CC2)cc1. The number of benzene rings is 2. The summed E-state index contributed by atoms with van der Waals surface area (Å²) in [6, 6.07) is 16.2. The Kier molecular flexibility index (Phi) is 5.78. The lowest BCUT2D eigenvalue weighted by Gasteiger charge is -2.24. The normalized spacial score (nSPS) is 14.8. The fourth-order valence-electron chi connectivity index (χ4n) is 2.94. The van der Waals surface area contributed by atoms with E-state index in [2.05, 4.69) is 29.5 Å². The number of likely N-dealkylation sites (N-methyl/N-ethyl adjacent to an activating group) is 1. The number of anilines is 2. The van der Waals surface area contributed by atoms with E-state index in [1.165, 1.54) is 12.8 Å². The summed E-state index contributed by atoms with van der Waals surface area (Å²) in [6.45, 7) is 2.79. The first-order valence-electron chi connectivity index (χ1n) is 9.08. The zero-order valence-electron chi connectivity index (χ0n) is 15.7. The Balaban J connectivity index is 1.64. The van der Waals surface area contributed by atoms with Gasteiger partial charge in [0.15, 0.2) is 0 Å². The molecule has 0 saturated heterocycles. The molecule has 138 valence electrons. The van der Waals surface area contributed by atoms with Crippen molar-refractivity contribution in [2.24, 2.45) is 0 Å². The first-order chi connectivity index (χ1) is 12.6. The lowest BCUT2D eigenvalue weighted by atomic mass is 10.1. The number of hydrogen-bond donors (Lipinski definition) is 2. The zero-order chi connectivity index (χ0) is 18.5. The highest BCUT2D eigenvalue weighted by Crippen LogP contribution is 2.27. The van der Waals surface area contributed by atoms with Crippen molar-refractivity contribution in [1.29, 1.82) is 0 Å². The van der Waals surface area contributed by atoms with Crippen LogP contribution in [0.5, 0.6) is 5.75 Å². The third kappa shape index (κ3) is 4.55. The van der Waals surface area contributed by atoms with Gasteiger partial charge in [-0.2, -0.15) is 0 Å². The second-order valence-electron chi connectivity index (χ2n) is 6.85. The van der Waals surface area contributed by atoms with Crippen LogP contribution >= 0.6 is 0 Å². The minimum Gasteiger partial charge on any atom is -0.497 e. The summed E-state index contributed by atoms with van der Waals surface area (Å²) in [5.41, 5.74) is 2.34. The van der Waals surface area contributed by atoms with Crippen molar-refractivity contribution in [3.8, 4) is 5.75 Å². The molecule has 1 amide bonds. The maximum absolute atomic E-state index is 12.7. The molecule has 2 N–H and O–H groups in total. The van der Waals surface area contributed by atoms with Crippen molar-refractivity contribution in [2.45, 2.75) is 31.8 Å². The molecule has 0 spiro atoms. The van der Waals surface area contributed by atoms with Crippen LogP contribution in [0.3, 0.4) is 0 Å². The molecule has 3 rings (SSSR count). The smallest absolute Gasteiger partial charge is 0.253 e. The van der Waals surface area contributed by atoms with Crippen molar-refractivity contribution in [2.75, 3.05) is 26.0 Å². The van der Waals surface area contributed by atoms with Gasteiger partial charge in [0.25, 0.3) is 5.91 Å². The predicted octanol–water partition coefficient (Wildman–Crippen LogP) is 3.65. The van der Waals surface area contributed by atoms with Crippen LogP contribution in [0.1, 0.15) is 30.1 Å². The highest BCUT2D eigenvalue weighted by atomic mass is 16.5. The third-order valence-corrected chi connectivity index (χ3v) is 4.92. The monoisotopic (exact) mass is 353 g/mol. The van der Waals surface area contributed by atoms with E-state index in [1.54, 1.807) is 7.11 Å². The van der Waals surface area contributed by atoms with Gasteiger partial charge in [0, 0.05) is 24.3 Å². The number of para-hydroxylation sites is 1. The number of ether oxygens (including phenoxy) is 1. The number of carbonyl (C=O) groups excluding carboxylic acids is 1. The molecule has 2 aromatic carbocycles. The van der Waals surface area contributed by atoms with Crippen LogP contribution in [0, 0.1) is 0 Å². The molecule has 26 heavy (non-hydrogen) atoms. The summed E-state index contributed by atoms with van der Waals surface area (Å²) in [4.78, 5) is 15.0. The summed E-state index contributed by atoms with van der Waals surface area (Å²) in [5.74, 6) is 0.744. The van der Waals surface area contributed by atoms with Crippen molar-refractivity contribution >= 4 is 17.3 Å². The number of rotatable bonds is 8. The number of carbonyl (C=O) groups is 1. The molecule has 1 aliphatic rings. The predicted molar refractivity (Wildman–Crippen MR) is 105 cm³/mol. The molecule has 1 unspecified atom stereocenters. The molecular weight excluding hydrogens is 326 g/mol. The standard InChI is InChI=1S/C21H27N3O2/c1-15(24(2)17-10-11-17)14-22-21(25)19-6-4-5-7-20(19)23-16-8-12-18(26-3)13-9-16/h4-9,12-13,15,17,23H,10-11,14H2,1-3H3,(H,22,25). The van der Waals surface area contributed by atoms with E-state index in [0.29, 0.717) is 24.2 Å². The minimum atomic E-state index is -0.0577. The average Bonchev–Trinajstić information content (AvgIpc) is 3.51. The third-order valence-electron chi connectivity index (χ3n) is 4.92. The summed E-state index contributed by atoms with van der Waals surface area (Å²) in [6.07, 6.45) is 2.53. The molecule has 1 aliphatic carbocycles. The van der Waals surface area contributed by atoms with Gasteiger partial charge in [-0.15, -0.1) is 0 Å². The first-order valence-corrected chi connectivity index (χ1v) is 9.08. The molecule has 1 atom stereocenters. The quantitative estimate of drug-likeness (QED) is 0.761. The molecule has 5 heteroatoms. The van der Waals surface area contributed by atoms with Gasteiger partial charge in [0.1, 0.15) is 5.75 Å². The van der Waals surface area contributed by atoms with Crippen molar-refractivity contribution < 1.29 is 9.53 Å². The van der Waals surface area contributed by atoms with Crippen LogP contribution in [-0.2, 0) is 0 Å². The lowest BCUT2D eigenvalue weighted by molar-refractivity contribution is 0.0940. The van der Waals surface area contributed by atoms with Gasteiger partial charge >= 0.3 is 0 Å². The molecule has 1 fully saturated rings. The Morgan fingerprint density at radius 1 is 1.19 bits per heavy atom. The van der Waals surface area contributed by atoms with Crippen LogP contribution in [0.25, 0.3) is 0 Å². The molecule has 2 aromatic rings. The Labute approximate surface area is 155 Å². The largest absolute Gasteiger partial charge is 0.497 e. The van der Waals surface area contributed by atoms with E-state index in [9.17, 15) is 4.79 Å². The zero-order valence-corrected chi connectivity index (χ0v) is 15.7. The van der Waals surface area contributed by atoms with Gasteiger partial charge in [-0.25, -0.2) is 0 Å². The summed E-state index contributed by atoms with van der Waals surface area (Å²) in [5, 5.41) is 6.38. The molecule has 0 aliphatic heterocycles. The van der Waals surface area contributed by atoms with Gasteiger partial charge in [-0.1, -0.05) is 12.1 Å². The van der Waals surface area contributed by atoms with E-state index in [1.807, 2.05) is 48.5 Å². The van der Waals surface area contributed by atoms with E-state index in [-0.39, 0.29) is 5.91 Å². The van der Waals surface area contributed by atoms with Crippen LogP contribution < -0.4 is 15.4 Å². The van der Waals surface area contributed by atoms with Gasteiger partial charge in [0.2, 0.25) is 0 Å². The van der Waals surface area contributed by atoms with E-state index in [0.717, 1.165) is 17.1 Å². The Bertz CT molecular complexity index is 741. The summed E-state index contributed by atoms with van der Waals surface area (Å²) >= 11 is 0. The van der Waals surface area contributed by atoms with Crippen LogP contribution in [0.15, 0.2) is 48.5 Å². The lowest BCUT2D eigenvalue weighted by Crippen LogP contribution is -2.41. The molecule has 1 saturated carbocycles. The van der Waals surface area contributed by atoms with Gasteiger partial charge in [-0.3, -0.25) is 9.69 Å². The van der Waals surface area contributed by atoms with Crippen molar-refractivity contribution in [3.63, 3.8) is 0 Å². The minimum absolute atomic E-state index is 0.0577. The molecule has 0 heterocycles. The first kappa shape index (κ1) is 18.3. The number of hydrogen-bond acceptors (Lipinski definition) is 4. The van der Waals surface area contributed by atoms with E-state index < -0.39 is 0 Å². The maximum atomic E-state index is 12.7. The Morgan fingerprint density at radius 2 is 1.88 bits per heavy atom. The van der Waals surface area contributed by atoms with Crippen molar-refractivity contribution in [1.82, 2.24) is 10.2 Å².